The first-order chi connectivity index (χ1) is 10.1. The largest absolute Gasteiger partial charge is 0.310 e. The number of nitrogens with one attached hydrogen (secondary N) is 1. The fourth-order valence-electron chi connectivity index (χ4n) is 2.60. The molecule has 110 valence electrons. The third kappa shape index (κ3) is 2.98. The van der Waals surface area contributed by atoms with Gasteiger partial charge in [-0.25, -0.2) is 8.42 Å². The van der Waals surface area contributed by atoms with Crippen molar-refractivity contribution in [3.63, 3.8) is 0 Å². The van der Waals surface area contributed by atoms with Gasteiger partial charge in [-0.1, -0.05) is 23.7 Å². The minimum atomic E-state index is -3.48. The van der Waals surface area contributed by atoms with Crippen LogP contribution >= 0.6 is 11.6 Å². The second-order valence-electron chi connectivity index (χ2n) is 5.18. The molecule has 0 saturated carbocycles. The molecule has 3 rings (SSSR count). The number of benzene rings is 2. The average Bonchev–Trinajstić information content (AvgIpc) is 3.02. The summed E-state index contributed by atoms with van der Waals surface area (Å²) in [6.07, 6.45) is 2.26. The van der Waals surface area contributed by atoms with Gasteiger partial charge in [-0.05, 0) is 61.3 Å². The molecule has 1 heterocycles. The van der Waals surface area contributed by atoms with Crippen LogP contribution in [0.25, 0.3) is 0 Å². The lowest BCUT2D eigenvalue weighted by atomic mass is 10.1. The predicted molar refractivity (Wildman–Crippen MR) is 83.3 cm³/mol. The number of hydrogen-bond acceptors (Lipinski definition) is 3. The first-order valence-corrected chi connectivity index (χ1v) is 8.77. The molecule has 1 saturated heterocycles. The van der Waals surface area contributed by atoms with E-state index in [9.17, 15) is 8.42 Å². The maximum Gasteiger partial charge on any atom is 0.206 e. The van der Waals surface area contributed by atoms with E-state index in [0.29, 0.717) is 16.0 Å². The molecule has 21 heavy (non-hydrogen) atoms. The summed E-state index contributed by atoms with van der Waals surface area (Å²) in [7, 11) is -3.48. The topological polar surface area (TPSA) is 46.2 Å². The van der Waals surface area contributed by atoms with Crippen molar-refractivity contribution in [2.45, 2.75) is 28.7 Å². The highest BCUT2D eigenvalue weighted by atomic mass is 35.5. The van der Waals surface area contributed by atoms with Crippen LogP contribution in [0.2, 0.25) is 5.02 Å². The molecule has 0 bridgehead atoms. The molecule has 1 atom stereocenters. The van der Waals surface area contributed by atoms with E-state index < -0.39 is 9.84 Å². The Hall–Kier alpha value is -1.36. The van der Waals surface area contributed by atoms with Gasteiger partial charge < -0.3 is 5.32 Å². The third-order valence-electron chi connectivity index (χ3n) is 3.78. The molecule has 1 aliphatic rings. The molecular formula is C16H16ClNO2S. The highest BCUT2D eigenvalue weighted by Crippen LogP contribution is 2.26. The SMILES string of the molecule is O=S(=O)(c1ccc(Cl)cc1)c1ccc(C2CCCN2)cc1. The number of sulfone groups is 1. The Morgan fingerprint density at radius 1 is 0.952 bits per heavy atom. The Bertz CT molecular complexity index is 718. The van der Waals surface area contributed by atoms with Crippen LogP contribution in [0, 0.1) is 0 Å². The molecule has 3 nitrogen and oxygen atoms in total. The van der Waals surface area contributed by atoms with Crippen LogP contribution in [-0.2, 0) is 9.84 Å². The van der Waals surface area contributed by atoms with Gasteiger partial charge in [0.05, 0.1) is 9.79 Å². The highest BCUT2D eigenvalue weighted by Gasteiger charge is 2.20. The van der Waals surface area contributed by atoms with E-state index in [2.05, 4.69) is 5.32 Å². The molecule has 0 amide bonds. The molecule has 0 radical (unpaired) electrons. The summed E-state index contributed by atoms with van der Waals surface area (Å²) in [4.78, 5) is 0.574. The molecule has 0 spiro atoms. The number of halogens is 1. The molecule has 1 aliphatic heterocycles. The van der Waals surface area contributed by atoms with Gasteiger partial charge in [0.25, 0.3) is 0 Å². The van der Waals surface area contributed by atoms with Gasteiger partial charge in [0.1, 0.15) is 0 Å². The van der Waals surface area contributed by atoms with Gasteiger partial charge in [0.15, 0.2) is 0 Å². The second-order valence-corrected chi connectivity index (χ2v) is 7.56. The van der Waals surface area contributed by atoms with E-state index in [-0.39, 0.29) is 4.90 Å². The Kier molecular flexibility index (Phi) is 4.02. The fraction of sp³-hybridized carbons (Fsp3) is 0.250. The Morgan fingerprint density at radius 2 is 1.52 bits per heavy atom. The molecule has 1 N–H and O–H groups in total. The van der Waals surface area contributed by atoms with E-state index in [1.807, 2.05) is 12.1 Å². The maximum atomic E-state index is 12.5. The zero-order valence-corrected chi connectivity index (χ0v) is 13.0. The van der Waals surface area contributed by atoms with Crippen LogP contribution < -0.4 is 5.32 Å². The van der Waals surface area contributed by atoms with E-state index in [1.165, 1.54) is 12.1 Å². The summed E-state index contributed by atoms with van der Waals surface area (Å²) >= 11 is 5.80. The van der Waals surface area contributed by atoms with E-state index in [0.717, 1.165) is 24.9 Å². The predicted octanol–water partition coefficient (Wildman–Crippen LogP) is 3.60. The quantitative estimate of drug-likeness (QED) is 0.939. The van der Waals surface area contributed by atoms with E-state index >= 15 is 0 Å². The molecule has 5 heteroatoms. The van der Waals surface area contributed by atoms with Gasteiger partial charge in [-0.2, -0.15) is 0 Å². The minimum Gasteiger partial charge on any atom is -0.310 e. The normalized spacial score (nSPS) is 18.8. The van der Waals surface area contributed by atoms with Crippen molar-refractivity contribution in [1.29, 1.82) is 0 Å². The van der Waals surface area contributed by atoms with Crippen molar-refractivity contribution in [3.05, 3.63) is 59.1 Å². The van der Waals surface area contributed by atoms with Crippen molar-refractivity contribution in [1.82, 2.24) is 5.32 Å². The molecule has 1 unspecified atom stereocenters. The Balaban J connectivity index is 1.90. The summed E-state index contributed by atoms with van der Waals surface area (Å²) in [6, 6.07) is 13.7. The third-order valence-corrected chi connectivity index (χ3v) is 5.81. The van der Waals surface area contributed by atoms with Crippen LogP contribution in [0.4, 0.5) is 0 Å². The zero-order chi connectivity index (χ0) is 14.9. The monoisotopic (exact) mass is 321 g/mol. The van der Waals surface area contributed by atoms with Crippen molar-refractivity contribution in [2.24, 2.45) is 0 Å². The highest BCUT2D eigenvalue weighted by molar-refractivity contribution is 7.91. The molecule has 0 aliphatic carbocycles. The molecule has 0 aromatic heterocycles. The zero-order valence-electron chi connectivity index (χ0n) is 11.4. The Morgan fingerprint density at radius 3 is 2.05 bits per heavy atom. The van der Waals surface area contributed by atoms with Gasteiger partial charge in [-0.3, -0.25) is 0 Å². The van der Waals surface area contributed by atoms with Gasteiger partial charge >= 0.3 is 0 Å². The van der Waals surface area contributed by atoms with Crippen molar-refractivity contribution >= 4 is 21.4 Å². The number of rotatable bonds is 3. The van der Waals surface area contributed by atoms with Crippen LogP contribution in [0.5, 0.6) is 0 Å². The van der Waals surface area contributed by atoms with Gasteiger partial charge in [0.2, 0.25) is 9.84 Å². The second kappa shape index (κ2) is 5.79. The summed E-state index contributed by atoms with van der Waals surface area (Å²) in [5.41, 5.74) is 1.14. The minimum absolute atomic E-state index is 0.263. The standard InChI is InChI=1S/C16H16ClNO2S/c17-13-5-9-15(10-6-13)21(19,20)14-7-3-12(4-8-14)16-2-1-11-18-16/h3-10,16,18H,1-2,11H2. The van der Waals surface area contributed by atoms with E-state index in [1.54, 1.807) is 24.3 Å². The summed E-state index contributed by atoms with van der Waals surface area (Å²) < 4.78 is 25.0. The van der Waals surface area contributed by atoms with Crippen LogP contribution in [0.3, 0.4) is 0 Å². The molecule has 2 aromatic rings. The number of hydrogen-bond donors (Lipinski definition) is 1. The first-order valence-electron chi connectivity index (χ1n) is 6.91. The van der Waals surface area contributed by atoms with E-state index in [4.69, 9.17) is 11.6 Å². The van der Waals surface area contributed by atoms with Crippen molar-refractivity contribution in [2.75, 3.05) is 6.54 Å². The fourth-order valence-corrected chi connectivity index (χ4v) is 3.99. The van der Waals surface area contributed by atoms with Gasteiger partial charge in [-0.15, -0.1) is 0 Å². The lowest BCUT2D eigenvalue weighted by Crippen LogP contribution is -2.12. The molecule has 2 aromatic carbocycles. The lowest BCUT2D eigenvalue weighted by Gasteiger charge is -2.11. The van der Waals surface area contributed by atoms with Crippen LogP contribution in [0.15, 0.2) is 58.3 Å². The van der Waals surface area contributed by atoms with Crippen molar-refractivity contribution < 1.29 is 8.42 Å². The summed E-state index contributed by atoms with van der Waals surface area (Å²) in [6.45, 7) is 1.02. The summed E-state index contributed by atoms with van der Waals surface area (Å²) in [5.74, 6) is 0. The lowest BCUT2D eigenvalue weighted by molar-refractivity contribution is 0.595. The first kappa shape index (κ1) is 14.6. The van der Waals surface area contributed by atoms with Crippen molar-refractivity contribution in [3.8, 4) is 0 Å². The smallest absolute Gasteiger partial charge is 0.206 e. The maximum absolute atomic E-state index is 12.5. The summed E-state index contributed by atoms with van der Waals surface area (Å²) in [5, 5.41) is 3.93. The van der Waals surface area contributed by atoms with Crippen LogP contribution in [-0.4, -0.2) is 15.0 Å². The average molecular weight is 322 g/mol. The molecule has 1 fully saturated rings. The van der Waals surface area contributed by atoms with Gasteiger partial charge in [0, 0.05) is 11.1 Å². The van der Waals surface area contributed by atoms with Crippen LogP contribution in [0.1, 0.15) is 24.4 Å². The Labute approximate surface area is 129 Å². The molecular weight excluding hydrogens is 306 g/mol.